The maximum absolute atomic E-state index is 12.5. The largest absolute Gasteiger partial charge is 0.367 e. The molecule has 1 aliphatic carbocycles. The maximum Gasteiger partial charge on any atom is 0.255 e. The highest BCUT2D eigenvalue weighted by Gasteiger charge is 2.25. The Hall–Kier alpha value is -3.74. The van der Waals surface area contributed by atoms with Gasteiger partial charge in [0, 0.05) is 18.2 Å². The van der Waals surface area contributed by atoms with Gasteiger partial charge in [0.2, 0.25) is 0 Å². The van der Waals surface area contributed by atoms with Crippen LogP contribution < -0.4 is 16.2 Å². The molecule has 0 spiro atoms. The number of hydrogen-bond donors (Lipinski definition) is 2. The van der Waals surface area contributed by atoms with Gasteiger partial charge in [-0.2, -0.15) is 0 Å². The van der Waals surface area contributed by atoms with E-state index in [1.807, 2.05) is 49.4 Å². The van der Waals surface area contributed by atoms with Crippen LogP contribution in [-0.4, -0.2) is 31.6 Å². The summed E-state index contributed by atoms with van der Waals surface area (Å²) in [5, 5.41) is 8.01. The smallest absolute Gasteiger partial charge is 0.255 e. The molecule has 3 aromatic heterocycles. The van der Waals surface area contributed by atoms with Crippen molar-refractivity contribution in [3.8, 4) is 5.69 Å². The zero-order chi connectivity index (χ0) is 21.2. The number of nitrogens with zero attached hydrogens (tertiary/aromatic N) is 4. The van der Waals surface area contributed by atoms with Crippen LogP contribution in [0.15, 0.2) is 71.9 Å². The quantitative estimate of drug-likeness (QED) is 0.517. The number of nitrogens with one attached hydrogen (secondary N) is 2. The molecule has 1 saturated carbocycles. The maximum atomic E-state index is 12.5. The van der Waals surface area contributed by atoms with Gasteiger partial charge in [-0.25, -0.2) is 9.97 Å². The second kappa shape index (κ2) is 8.18. The van der Waals surface area contributed by atoms with E-state index in [1.165, 1.54) is 0 Å². The van der Waals surface area contributed by atoms with Crippen LogP contribution in [0.25, 0.3) is 16.6 Å². The average Bonchev–Trinajstić information content (AvgIpc) is 3.23. The zero-order valence-corrected chi connectivity index (χ0v) is 17.3. The third-order valence-corrected chi connectivity index (χ3v) is 5.73. The predicted molar refractivity (Wildman–Crippen MR) is 123 cm³/mol. The highest BCUT2D eigenvalue weighted by Crippen LogP contribution is 2.25. The summed E-state index contributed by atoms with van der Waals surface area (Å²) in [5.74, 6) is 1.64. The van der Waals surface area contributed by atoms with Gasteiger partial charge in [-0.15, -0.1) is 0 Å². The number of anilines is 2. The standard InChI is InChI=1S/C24H24N6O/c1-16-13-26-23(15-25-16)29-19-8-7-18(12-19)28-22-10-9-20(14-27-22)30-21-5-3-2-4-17(21)6-11-24(30)31/h2-6,9-11,13-15,18-19H,7-8,12H2,1H3,(H,26,29)(H,27,28)/t18-,19-/m0/s1. The molecule has 7 nitrogen and oxygen atoms in total. The molecule has 0 aliphatic heterocycles. The third-order valence-electron chi connectivity index (χ3n) is 5.73. The Morgan fingerprint density at radius 3 is 2.35 bits per heavy atom. The summed E-state index contributed by atoms with van der Waals surface area (Å²) < 4.78 is 1.70. The third kappa shape index (κ3) is 4.12. The fraction of sp³-hybridized carbons (Fsp3) is 0.250. The summed E-state index contributed by atoms with van der Waals surface area (Å²) in [5.41, 5.74) is 2.49. The minimum atomic E-state index is -0.0647. The molecule has 1 aliphatic rings. The van der Waals surface area contributed by atoms with E-state index in [1.54, 1.807) is 29.2 Å². The van der Waals surface area contributed by atoms with Gasteiger partial charge >= 0.3 is 0 Å². The van der Waals surface area contributed by atoms with E-state index in [2.05, 4.69) is 25.6 Å². The Balaban J connectivity index is 1.27. The van der Waals surface area contributed by atoms with Crippen LogP contribution in [0, 0.1) is 6.92 Å². The molecule has 2 atom stereocenters. The molecule has 7 heteroatoms. The second-order valence-corrected chi connectivity index (χ2v) is 8.01. The summed E-state index contributed by atoms with van der Waals surface area (Å²) in [6.45, 7) is 1.93. The number of benzene rings is 1. The van der Waals surface area contributed by atoms with E-state index in [4.69, 9.17) is 0 Å². The van der Waals surface area contributed by atoms with Gasteiger partial charge in [-0.3, -0.25) is 14.3 Å². The minimum Gasteiger partial charge on any atom is -0.367 e. The van der Waals surface area contributed by atoms with E-state index < -0.39 is 0 Å². The normalized spacial score (nSPS) is 18.2. The monoisotopic (exact) mass is 412 g/mol. The molecule has 1 fully saturated rings. The SMILES string of the molecule is Cc1cnc(N[C@H]2CC[C@H](Nc3ccc(-n4c(=O)ccc5ccccc54)cn3)C2)cn1. The predicted octanol–water partition coefficient (Wildman–Crippen LogP) is 3.93. The summed E-state index contributed by atoms with van der Waals surface area (Å²) in [6.07, 6.45) is 8.43. The van der Waals surface area contributed by atoms with Crippen LogP contribution in [0.4, 0.5) is 11.6 Å². The van der Waals surface area contributed by atoms with Crippen molar-refractivity contribution in [1.82, 2.24) is 19.5 Å². The lowest BCUT2D eigenvalue weighted by molar-refractivity contribution is 0.719. The Morgan fingerprint density at radius 2 is 1.61 bits per heavy atom. The molecule has 0 radical (unpaired) electrons. The molecule has 0 amide bonds. The van der Waals surface area contributed by atoms with Crippen molar-refractivity contribution in [2.75, 3.05) is 10.6 Å². The average molecular weight is 412 g/mol. The molecule has 0 bridgehead atoms. The van der Waals surface area contributed by atoms with Crippen molar-refractivity contribution in [2.45, 2.75) is 38.3 Å². The lowest BCUT2D eigenvalue weighted by atomic mass is 10.2. The van der Waals surface area contributed by atoms with Gasteiger partial charge in [-0.05, 0) is 55.8 Å². The lowest BCUT2D eigenvalue weighted by Crippen LogP contribution is -2.22. The summed E-state index contributed by atoms with van der Waals surface area (Å²) >= 11 is 0. The number of fused-ring (bicyclic) bond motifs is 1. The van der Waals surface area contributed by atoms with Crippen molar-refractivity contribution in [3.63, 3.8) is 0 Å². The van der Waals surface area contributed by atoms with Gasteiger partial charge < -0.3 is 10.6 Å². The van der Waals surface area contributed by atoms with Crippen LogP contribution >= 0.6 is 0 Å². The van der Waals surface area contributed by atoms with Crippen molar-refractivity contribution < 1.29 is 0 Å². The highest BCUT2D eigenvalue weighted by atomic mass is 16.1. The molecular formula is C24H24N6O. The zero-order valence-electron chi connectivity index (χ0n) is 17.3. The van der Waals surface area contributed by atoms with Crippen LogP contribution in [0.3, 0.4) is 0 Å². The fourth-order valence-corrected chi connectivity index (χ4v) is 4.19. The first kappa shape index (κ1) is 19.2. The molecule has 0 saturated heterocycles. The van der Waals surface area contributed by atoms with Crippen LogP contribution in [0.1, 0.15) is 25.0 Å². The van der Waals surface area contributed by atoms with E-state index in [9.17, 15) is 4.79 Å². The van der Waals surface area contributed by atoms with Crippen molar-refractivity contribution in [3.05, 3.63) is 83.2 Å². The van der Waals surface area contributed by atoms with E-state index >= 15 is 0 Å². The van der Waals surface area contributed by atoms with Gasteiger partial charge in [0.05, 0.1) is 35.5 Å². The molecular weight excluding hydrogens is 388 g/mol. The summed E-state index contributed by atoms with van der Waals surface area (Å²) in [7, 11) is 0. The Kier molecular flexibility index (Phi) is 5.08. The van der Waals surface area contributed by atoms with Crippen molar-refractivity contribution in [1.29, 1.82) is 0 Å². The first-order valence-electron chi connectivity index (χ1n) is 10.5. The van der Waals surface area contributed by atoms with E-state index in [0.717, 1.165) is 53.2 Å². The molecule has 0 unspecified atom stereocenters. The number of pyridine rings is 2. The number of para-hydroxylation sites is 1. The van der Waals surface area contributed by atoms with Crippen LogP contribution in [0.2, 0.25) is 0 Å². The first-order valence-corrected chi connectivity index (χ1v) is 10.5. The molecule has 3 heterocycles. The van der Waals surface area contributed by atoms with Crippen LogP contribution in [-0.2, 0) is 0 Å². The molecule has 1 aromatic carbocycles. The Morgan fingerprint density at radius 1 is 0.839 bits per heavy atom. The molecule has 4 aromatic rings. The molecule has 5 rings (SSSR count). The fourth-order valence-electron chi connectivity index (χ4n) is 4.19. The number of hydrogen-bond acceptors (Lipinski definition) is 6. The van der Waals surface area contributed by atoms with E-state index in [0.29, 0.717) is 12.1 Å². The molecule has 2 N–H and O–H groups in total. The van der Waals surface area contributed by atoms with Crippen molar-refractivity contribution >= 4 is 22.5 Å². The Bertz CT molecular complexity index is 1250. The topological polar surface area (TPSA) is 84.7 Å². The number of aryl methyl sites for hydroxylation is 1. The van der Waals surface area contributed by atoms with Gasteiger partial charge in [0.15, 0.2) is 0 Å². The molecule has 31 heavy (non-hydrogen) atoms. The number of rotatable bonds is 5. The van der Waals surface area contributed by atoms with Gasteiger partial charge in [0.25, 0.3) is 5.56 Å². The van der Waals surface area contributed by atoms with Crippen molar-refractivity contribution in [2.24, 2.45) is 0 Å². The molecule has 156 valence electrons. The number of aromatic nitrogens is 4. The highest BCUT2D eigenvalue weighted by molar-refractivity contribution is 5.80. The second-order valence-electron chi connectivity index (χ2n) is 8.01. The Labute approximate surface area is 180 Å². The minimum absolute atomic E-state index is 0.0647. The lowest BCUT2D eigenvalue weighted by Gasteiger charge is -2.16. The van der Waals surface area contributed by atoms with Gasteiger partial charge in [0.1, 0.15) is 11.6 Å². The van der Waals surface area contributed by atoms with Gasteiger partial charge in [-0.1, -0.05) is 18.2 Å². The first-order chi connectivity index (χ1) is 15.2. The van der Waals surface area contributed by atoms with Crippen LogP contribution in [0.5, 0.6) is 0 Å². The summed E-state index contributed by atoms with van der Waals surface area (Å²) in [6, 6.07) is 15.9. The van der Waals surface area contributed by atoms with E-state index in [-0.39, 0.29) is 5.56 Å². The summed E-state index contributed by atoms with van der Waals surface area (Å²) in [4.78, 5) is 25.8.